The number of aryl methyl sites for hydroxylation is 1. The Bertz CT molecular complexity index is 515. The second-order valence-corrected chi connectivity index (χ2v) is 6.28. The molecule has 0 spiro atoms. The van der Waals surface area contributed by atoms with Gasteiger partial charge in [0.25, 0.3) is 0 Å². The van der Waals surface area contributed by atoms with Gasteiger partial charge in [0.1, 0.15) is 0 Å². The van der Waals surface area contributed by atoms with Crippen molar-refractivity contribution in [3.05, 3.63) is 27.7 Å². The van der Waals surface area contributed by atoms with Crippen LogP contribution < -0.4 is 4.72 Å². The first kappa shape index (κ1) is 14.7. The van der Waals surface area contributed by atoms with Crippen LogP contribution in [0.3, 0.4) is 0 Å². The molecule has 0 aliphatic rings. The number of nitrogens with one attached hydrogen (secondary N) is 1. The van der Waals surface area contributed by atoms with Crippen molar-refractivity contribution in [3.8, 4) is 0 Å². The molecule has 2 N–H and O–H groups in total. The molecule has 0 aliphatic heterocycles. The second-order valence-electron chi connectivity index (χ2n) is 3.73. The van der Waals surface area contributed by atoms with Crippen LogP contribution in [0.25, 0.3) is 0 Å². The Balaban J connectivity index is 3.11. The standard InChI is InChI=1S/C10H13Cl2NO3S/c1-6-3-8(11)9(12)4-10(6)17(15,16)13-5-7(2)14/h3-4,7,13-14H,5H2,1-2H3/t7-/m0/s1. The summed E-state index contributed by atoms with van der Waals surface area (Å²) in [5.41, 5.74) is 0.498. The van der Waals surface area contributed by atoms with Gasteiger partial charge in [0.2, 0.25) is 10.0 Å². The lowest BCUT2D eigenvalue weighted by Gasteiger charge is -2.11. The van der Waals surface area contributed by atoms with Crippen molar-refractivity contribution < 1.29 is 13.5 Å². The quantitative estimate of drug-likeness (QED) is 0.893. The van der Waals surface area contributed by atoms with Gasteiger partial charge in [-0.15, -0.1) is 0 Å². The van der Waals surface area contributed by atoms with E-state index in [0.717, 1.165) is 0 Å². The summed E-state index contributed by atoms with van der Waals surface area (Å²) in [6.45, 7) is 3.06. The van der Waals surface area contributed by atoms with Gasteiger partial charge in [0.05, 0.1) is 21.0 Å². The molecule has 96 valence electrons. The first-order chi connectivity index (χ1) is 7.74. The summed E-state index contributed by atoms with van der Waals surface area (Å²) in [6, 6.07) is 2.78. The van der Waals surface area contributed by atoms with E-state index in [4.69, 9.17) is 28.3 Å². The zero-order valence-electron chi connectivity index (χ0n) is 9.37. The van der Waals surface area contributed by atoms with Crippen LogP contribution in [0, 0.1) is 6.92 Å². The van der Waals surface area contributed by atoms with Crippen LogP contribution in [0.1, 0.15) is 12.5 Å². The SMILES string of the molecule is Cc1cc(Cl)c(Cl)cc1S(=O)(=O)NC[C@H](C)O. The number of halogens is 2. The number of hydrogen-bond donors (Lipinski definition) is 2. The van der Waals surface area contributed by atoms with Crippen LogP contribution in [0.4, 0.5) is 0 Å². The van der Waals surface area contributed by atoms with E-state index >= 15 is 0 Å². The summed E-state index contributed by atoms with van der Waals surface area (Å²) in [7, 11) is -3.68. The van der Waals surface area contributed by atoms with Crippen LogP contribution in [0.2, 0.25) is 10.0 Å². The second kappa shape index (κ2) is 5.54. The molecule has 0 aromatic heterocycles. The van der Waals surface area contributed by atoms with E-state index in [1.807, 2.05) is 0 Å². The molecular formula is C10H13Cl2NO3S. The van der Waals surface area contributed by atoms with Crippen molar-refractivity contribution in [2.75, 3.05) is 6.54 Å². The Labute approximate surface area is 111 Å². The Morgan fingerprint density at radius 2 is 1.88 bits per heavy atom. The van der Waals surface area contributed by atoms with Crippen LogP contribution in [0.5, 0.6) is 0 Å². The fourth-order valence-electron chi connectivity index (χ4n) is 1.23. The molecule has 1 aromatic carbocycles. The predicted octanol–water partition coefficient (Wildman–Crippen LogP) is 1.96. The largest absolute Gasteiger partial charge is 0.392 e. The van der Waals surface area contributed by atoms with Gasteiger partial charge in [-0.2, -0.15) is 0 Å². The van der Waals surface area contributed by atoms with Gasteiger partial charge in [-0.05, 0) is 31.5 Å². The highest BCUT2D eigenvalue weighted by molar-refractivity contribution is 7.89. The lowest BCUT2D eigenvalue weighted by Crippen LogP contribution is -2.31. The molecule has 1 rings (SSSR count). The van der Waals surface area contributed by atoms with Gasteiger partial charge >= 0.3 is 0 Å². The normalized spacial score (nSPS) is 13.7. The minimum absolute atomic E-state index is 0.0536. The van der Waals surface area contributed by atoms with E-state index in [9.17, 15) is 8.42 Å². The molecule has 1 atom stereocenters. The molecular weight excluding hydrogens is 285 g/mol. The number of rotatable bonds is 4. The summed E-state index contributed by atoms with van der Waals surface area (Å²) in [4.78, 5) is 0.0625. The molecule has 0 bridgehead atoms. The Morgan fingerprint density at radius 1 is 1.35 bits per heavy atom. The first-order valence-corrected chi connectivity index (χ1v) is 7.11. The number of benzene rings is 1. The molecule has 7 heteroatoms. The highest BCUT2D eigenvalue weighted by Crippen LogP contribution is 2.27. The molecule has 0 radical (unpaired) electrons. The van der Waals surface area contributed by atoms with Crippen LogP contribution in [-0.2, 0) is 10.0 Å². The van der Waals surface area contributed by atoms with Crippen molar-refractivity contribution >= 4 is 33.2 Å². The lowest BCUT2D eigenvalue weighted by atomic mass is 10.2. The van der Waals surface area contributed by atoms with E-state index in [0.29, 0.717) is 10.6 Å². The van der Waals surface area contributed by atoms with Gasteiger partial charge in [0, 0.05) is 6.54 Å². The van der Waals surface area contributed by atoms with E-state index in [1.165, 1.54) is 19.1 Å². The lowest BCUT2D eigenvalue weighted by molar-refractivity contribution is 0.198. The molecule has 1 aromatic rings. The molecule has 0 unspecified atom stereocenters. The maximum atomic E-state index is 11.9. The van der Waals surface area contributed by atoms with Crippen molar-refractivity contribution in [1.29, 1.82) is 0 Å². The molecule has 17 heavy (non-hydrogen) atoms. The van der Waals surface area contributed by atoms with Crippen LogP contribution in [-0.4, -0.2) is 26.2 Å². The minimum Gasteiger partial charge on any atom is -0.392 e. The maximum absolute atomic E-state index is 11.9. The van der Waals surface area contributed by atoms with Gasteiger partial charge < -0.3 is 5.11 Å². The zero-order valence-corrected chi connectivity index (χ0v) is 11.7. The van der Waals surface area contributed by atoms with E-state index in [-0.39, 0.29) is 16.5 Å². The third-order valence-corrected chi connectivity index (χ3v) is 4.36. The summed E-state index contributed by atoms with van der Waals surface area (Å²) in [5, 5.41) is 9.54. The predicted molar refractivity (Wildman–Crippen MR) is 68.1 cm³/mol. The third-order valence-electron chi connectivity index (χ3n) is 2.08. The third kappa shape index (κ3) is 3.82. The fourth-order valence-corrected chi connectivity index (χ4v) is 3.04. The summed E-state index contributed by atoms with van der Waals surface area (Å²) < 4.78 is 26.1. The first-order valence-electron chi connectivity index (χ1n) is 4.87. The molecule has 0 fully saturated rings. The Morgan fingerprint density at radius 3 is 2.41 bits per heavy atom. The zero-order chi connectivity index (χ0) is 13.2. The highest BCUT2D eigenvalue weighted by Gasteiger charge is 2.18. The molecule has 0 aliphatic carbocycles. The smallest absolute Gasteiger partial charge is 0.240 e. The van der Waals surface area contributed by atoms with E-state index in [1.54, 1.807) is 6.92 Å². The molecule has 0 amide bonds. The number of hydrogen-bond acceptors (Lipinski definition) is 3. The minimum atomic E-state index is -3.68. The van der Waals surface area contributed by atoms with Gasteiger partial charge in [0.15, 0.2) is 0 Å². The van der Waals surface area contributed by atoms with Crippen molar-refractivity contribution in [2.45, 2.75) is 24.8 Å². The highest BCUT2D eigenvalue weighted by atomic mass is 35.5. The van der Waals surface area contributed by atoms with Crippen molar-refractivity contribution in [1.82, 2.24) is 4.72 Å². The molecule has 0 saturated carbocycles. The van der Waals surface area contributed by atoms with Crippen molar-refractivity contribution in [2.24, 2.45) is 0 Å². The topological polar surface area (TPSA) is 66.4 Å². The van der Waals surface area contributed by atoms with Gasteiger partial charge in [-0.3, -0.25) is 0 Å². The summed E-state index contributed by atoms with van der Waals surface area (Å²) >= 11 is 11.6. The maximum Gasteiger partial charge on any atom is 0.240 e. The van der Waals surface area contributed by atoms with Crippen LogP contribution in [0.15, 0.2) is 17.0 Å². The summed E-state index contributed by atoms with van der Waals surface area (Å²) in [6.07, 6.45) is -0.757. The number of aliphatic hydroxyl groups excluding tert-OH is 1. The summed E-state index contributed by atoms with van der Waals surface area (Å²) in [5.74, 6) is 0. The molecule has 0 heterocycles. The van der Waals surface area contributed by atoms with E-state index in [2.05, 4.69) is 4.72 Å². The Kier molecular flexibility index (Phi) is 4.80. The fraction of sp³-hybridized carbons (Fsp3) is 0.400. The molecule has 4 nitrogen and oxygen atoms in total. The van der Waals surface area contributed by atoms with Gasteiger partial charge in [-0.25, -0.2) is 13.1 Å². The average Bonchev–Trinajstić information content (AvgIpc) is 2.20. The van der Waals surface area contributed by atoms with Gasteiger partial charge in [-0.1, -0.05) is 23.2 Å². The van der Waals surface area contributed by atoms with E-state index < -0.39 is 16.1 Å². The monoisotopic (exact) mass is 297 g/mol. The molecule has 0 saturated heterocycles. The number of aliphatic hydroxyl groups is 1. The average molecular weight is 298 g/mol. The Hall–Kier alpha value is -0.330. The van der Waals surface area contributed by atoms with Crippen molar-refractivity contribution in [3.63, 3.8) is 0 Å². The number of sulfonamides is 1. The van der Waals surface area contributed by atoms with Crippen LogP contribution >= 0.6 is 23.2 Å².